The minimum atomic E-state index is -0.630. The first-order valence-corrected chi connectivity index (χ1v) is 9.14. The quantitative estimate of drug-likeness (QED) is 0.369. The van der Waals surface area contributed by atoms with Crippen molar-refractivity contribution in [2.24, 2.45) is 10.7 Å². The highest BCUT2D eigenvalue weighted by Gasteiger charge is 2.15. The molecule has 0 aliphatic rings. The number of H-pyrrole nitrogens is 1. The number of aliphatic hydroxyl groups is 1. The van der Waals surface area contributed by atoms with Crippen molar-refractivity contribution in [3.8, 4) is 11.5 Å². The van der Waals surface area contributed by atoms with Crippen LogP contribution in [0.15, 0.2) is 64.4 Å². The lowest BCUT2D eigenvalue weighted by Crippen LogP contribution is -2.23. The Bertz CT molecular complexity index is 963. The number of amidine groups is 1. The van der Waals surface area contributed by atoms with Crippen LogP contribution in [0.1, 0.15) is 12.5 Å². The summed E-state index contributed by atoms with van der Waals surface area (Å²) in [5.74, 6) is 1.55. The minimum Gasteiger partial charge on any atom is -0.457 e. The van der Waals surface area contributed by atoms with Gasteiger partial charge in [0.1, 0.15) is 27.9 Å². The number of aromatic amines is 1. The fourth-order valence-corrected chi connectivity index (χ4v) is 3.06. The van der Waals surface area contributed by atoms with Crippen molar-refractivity contribution in [2.75, 3.05) is 11.9 Å². The number of nitrogens with two attached hydrogens (primary N) is 1. The van der Waals surface area contributed by atoms with Gasteiger partial charge >= 0.3 is 0 Å². The molecule has 27 heavy (non-hydrogen) atoms. The number of hydrogen-bond donors (Lipinski definition) is 4. The van der Waals surface area contributed by atoms with Crippen molar-refractivity contribution in [1.82, 2.24) is 4.37 Å². The van der Waals surface area contributed by atoms with Gasteiger partial charge in [-0.05, 0) is 54.9 Å². The van der Waals surface area contributed by atoms with Crippen LogP contribution in [0.3, 0.4) is 0 Å². The molecule has 8 heteroatoms. The molecule has 0 aliphatic carbocycles. The van der Waals surface area contributed by atoms with Gasteiger partial charge in [0.15, 0.2) is 0 Å². The molecule has 0 amide bonds. The largest absolute Gasteiger partial charge is 0.457 e. The Kier molecular flexibility index (Phi) is 5.90. The first kappa shape index (κ1) is 18.7. The number of rotatable bonds is 7. The number of aromatic nitrogens is 1. The highest BCUT2D eigenvalue weighted by Crippen LogP contribution is 2.26. The van der Waals surface area contributed by atoms with Crippen molar-refractivity contribution in [3.05, 3.63) is 70.5 Å². The third-order valence-electron chi connectivity index (χ3n) is 3.57. The average Bonchev–Trinajstić information content (AvgIpc) is 3.02. The van der Waals surface area contributed by atoms with E-state index in [1.807, 2.05) is 54.6 Å². The third-order valence-corrected chi connectivity index (χ3v) is 4.37. The molecular formula is C19H20N4O3S. The van der Waals surface area contributed by atoms with Crippen LogP contribution in [0.4, 0.5) is 10.7 Å². The molecule has 0 aliphatic heterocycles. The van der Waals surface area contributed by atoms with Crippen molar-refractivity contribution in [2.45, 2.75) is 13.0 Å². The number of nitrogens with one attached hydrogen (secondary N) is 2. The van der Waals surface area contributed by atoms with Gasteiger partial charge in [-0.1, -0.05) is 18.2 Å². The lowest BCUT2D eigenvalue weighted by Gasteiger charge is -2.09. The van der Waals surface area contributed by atoms with E-state index in [-0.39, 0.29) is 23.5 Å². The van der Waals surface area contributed by atoms with Crippen LogP contribution in [0.5, 0.6) is 11.5 Å². The lowest BCUT2D eigenvalue weighted by atomic mass is 10.2. The van der Waals surface area contributed by atoms with Gasteiger partial charge in [0.25, 0.3) is 5.56 Å². The molecule has 140 valence electrons. The van der Waals surface area contributed by atoms with Crippen LogP contribution >= 0.6 is 11.5 Å². The van der Waals surface area contributed by atoms with Crippen LogP contribution in [-0.2, 0) is 0 Å². The van der Waals surface area contributed by atoms with Crippen LogP contribution < -0.4 is 21.3 Å². The Morgan fingerprint density at radius 3 is 2.56 bits per heavy atom. The number of hydrogen-bond acceptors (Lipinski definition) is 6. The van der Waals surface area contributed by atoms with E-state index in [9.17, 15) is 9.90 Å². The highest BCUT2D eigenvalue weighted by atomic mass is 32.1. The van der Waals surface area contributed by atoms with Crippen molar-refractivity contribution < 1.29 is 9.84 Å². The predicted octanol–water partition coefficient (Wildman–Crippen LogP) is 3.06. The maximum atomic E-state index is 12.0. The Hall–Kier alpha value is -3.10. The topological polar surface area (TPSA) is 113 Å². The van der Waals surface area contributed by atoms with E-state index in [0.717, 1.165) is 23.0 Å². The van der Waals surface area contributed by atoms with Gasteiger partial charge in [0, 0.05) is 5.69 Å². The van der Waals surface area contributed by atoms with E-state index >= 15 is 0 Å². The SMILES string of the molecule is CC(O)CN=C(N)c1c(Nc2ccc(Oc3ccccc3)cc2)s[nH]c1=O. The van der Waals surface area contributed by atoms with E-state index in [1.54, 1.807) is 6.92 Å². The number of benzene rings is 2. The zero-order chi connectivity index (χ0) is 19.2. The maximum absolute atomic E-state index is 12.0. The average molecular weight is 384 g/mol. The van der Waals surface area contributed by atoms with Crippen LogP contribution in [0.25, 0.3) is 0 Å². The van der Waals surface area contributed by atoms with Crippen molar-refractivity contribution in [3.63, 3.8) is 0 Å². The standard InChI is InChI=1S/C19H20N4O3S/c1-12(24)11-21-17(20)16-18(25)23-27-19(16)22-13-7-9-15(10-8-13)26-14-5-3-2-4-6-14/h2-10,12,22,24H,11H2,1H3,(H2,20,21)(H,23,25). The molecule has 0 bridgehead atoms. The molecule has 5 N–H and O–H groups in total. The second kappa shape index (κ2) is 8.52. The monoisotopic (exact) mass is 384 g/mol. The summed E-state index contributed by atoms with van der Waals surface area (Å²) >= 11 is 1.14. The molecule has 3 rings (SSSR count). The van der Waals surface area contributed by atoms with Gasteiger partial charge < -0.3 is 20.9 Å². The van der Waals surface area contributed by atoms with Gasteiger partial charge in [0.2, 0.25) is 0 Å². The minimum absolute atomic E-state index is 0.0879. The summed E-state index contributed by atoms with van der Waals surface area (Å²) in [4.78, 5) is 16.1. The smallest absolute Gasteiger partial charge is 0.271 e. The molecule has 1 aromatic heterocycles. The maximum Gasteiger partial charge on any atom is 0.271 e. The van der Waals surface area contributed by atoms with Crippen LogP contribution in [0, 0.1) is 0 Å². The van der Waals surface area contributed by atoms with Crippen molar-refractivity contribution in [1.29, 1.82) is 0 Å². The normalized spacial score (nSPS) is 12.6. The van der Waals surface area contributed by atoms with Gasteiger partial charge in [-0.25, -0.2) is 0 Å². The van der Waals surface area contributed by atoms with Crippen LogP contribution in [-0.4, -0.2) is 28.0 Å². The van der Waals surface area contributed by atoms with Gasteiger partial charge in [-0.3, -0.25) is 14.2 Å². The van der Waals surface area contributed by atoms with Gasteiger partial charge in [-0.2, -0.15) is 0 Å². The van der Waals surface area contributed by atoms with E-state index < -0.39 is 6.10 Å². The summed E-state index contributed by atoms with van der Waals surface area (Å²) in [6, 6.07) is 16.8. The Morgan fingerprint density at radius 1 is 1.22 bits per heavy atom. The number of aliphatic imine (C=N–C) groups is 1. The summed E-state index contributed by atoms with van der Waals surface area (Å²) < 4.78 is 8.41. The zero-order valence-corrected chi connectivity index (χ0v) is 15.5. The van der Waals surface area contributed by atoms with E-state index in [4.69, 9.17) is 10.5 Å². The lowest BCUT2D eigenvalue weighted by molar-refractivity contribution is 0.204. The predicted molar refractivity (Wildman–Crippen MR) is 108 cm³/mol. The molecule has 3 aromatic rings. The third kappa shape index (κ3) is 4.96. The second-order valence-corrected chi connectivity index (χ2v) is 6.69. The molecule has 1 heterocycles. The Labute approximate surface area is 160 Å². The molecule has 2 aromatic carbocycles. The number of para-hydroxylation sites is 1. The van der Waals surface area contributed by atoms with Crippen molar-refractivity contribution >= 4 is 28.1 Å². The van der Waals surface area contributed by atoms with Crippen LogP contribution in [0.2, 0.25) is 0 Å². The summed E-state index contributed by atoms with van der Waals surface area (Å²) in [5.41, 5.74) is 6.64. The van der Waals surface area contributed by atoms with E-state index in [0.29, 0.717) is 10.8 Å². The Balaban J connectivity index is 1.74. The zero-order valence-electron chi connectivity index (χ0n) is 14.7. The summed E-state index contributed by atoms with van der Waals surface area (Å²) in [6.07, 6.45) is -0.630. The number of anilines is 2. The molecule has 0 saturated heterocycles. The molecular weight excluding hydrogens is 364 g/mol. The molecule has 0 fully saturated rings. The second-order valence-electron chi connectivity index (χ2n) is 5.88. The van der Waals surface area contributed by atoms with Gasteiger partial charge in [-0.15, -0.1) is 0 Å². The first-order chi connectivity index (χ1) is 13.0. The molecule has 1 atom stereocenters. The molecule has 7 nitrogen and oxygen atoms in total. The fraction of sp³-hybridized carbons (Fsp3) is 0.158. The molecule has 0 radical (unpaired) electrons. The molecule has 0 saturated carbocycles. The molecule has 1 unspecified atom stereocenters. The Morgan fingerprint density at radius 2 is 1.89 bits per heavy atom. The van der Waals surface area contributed by atoms with E-state index in [2.05, 4.69) is 14.7 Å². The highest BCUT2D eigenvalue weighted by molar-refractivity contribution is 7.10. The molecule has 0 spiro atoms. The number of nitrogens with zero attached hydrogens (tertiary/aromatic N) is 1. The van der Waals surface area contributed by atoms with Gasteiger partial charge in [0.05, 0.1) is 12.6 Å². The summed E-state index contributed by atoms with van der Waals surface area (Å²) in [7, 11) is 0. The number of ether oxygens (including phenoxy) is 1. The fourth-order valence-electron chi connectivity index (χ4n) is 2.29. The summed E-state index contributed by atoms with van der Waals surface area (Å²) in [5, 5.41) is 13.1. The van der Waals surface area contributed by atoms with E-state index in [1.165, 1.54) is 0 Å². The number of aliphatic hydroxyl groups excluding tert-OH is 1. The first-order valence-electron chi connectivity index (χ1n) is 8.32. The summed E-state index contributed by atoms with van der Waals surface area (Å²) in [6.45, 7) is 1.74.